The van der Waals surface area contributed by atoms with Crippen molar-refractivity contribution in [3.63, 3.8) is 0 Å². The van der Waals surface area contributed by atoms with Crippen LogP contribution in [-0.4, -0.2) is 26.7 Å². The Morgan fingerprint density at radius 2 is 2.04 bits per heavy atom. The fourth-order valence-electron chi connectivity index (χ4n) is 4.08. The first-order valence-electron chi connectivity index (χ1n) is 9.02. The maximum atomic E-state index is 12.7. The molecule has 2 aliphatic rings. The monoisotopic (exact) mass is 324 g/mol. The summed E-state index contributed by atoms with van der Waals surface area (Å²) in [5, 5.41) is 7.39. The predicted molar refractivity (Wildman–Crippen MR) is 91.5 cm³/mol. The molecular weight excluding hydrogens is 300 g/mol. The van der Waals surface area contributed by atoms with E-state index in [1.807, 2.05) is 24.3 Å². The van der Waals surface area contributed by atoms with Gasteiger partial charge in [-0.15, -0.1) is 0 Å². The van der Waals surface area contributed by atoms with Gasteiger partial charge in [0.05, 0.1) is 6.54 Å². The first-order valence-corrected chi connectivity index (χ1v) is 9.02. The molecule has 0 bridgehead atoms. The van der Waals surface area contributed by atoms with Gasteiger partial charge in [-0.1, -0.05) is 50.3 Å². The minimum Gasteiger partial charge on any atom is -0.349 e. The van der Waals surface area contributed by atoms with Crippen LogP contribution >= 0.6 is 0 Å². The summed E-state index contributed by atoms with van der Waals surface area (Å²) >= 11 is 0. The molecule has 24 heavy (non-hydrogen) atoms. The van der Waals surface area contributed by atoms with Gasteiger partial charge >= 0.3 is 0 Å². The predicted octanol–water partition coefficient (Wildman–Crippen LogP) is 3.03. The average Bonchev–Trinajstić information content (AvgIpc) is 3.19. The highest BCUT2D eigenvalue weighted by atomic mass is 16.1. The summed E-state index contributed by atoms with van der Waals surface area (Å²) in [5.74, 6) is 1.58. The van der Waals surface area contributed by atoms with Crippen LogP contribution in [0.25, 0.3) is 0 Å². The Kier molecular flexibility index (Phi) is 4.32. The van der Waals surface area contributed by atoms with Crippen molar-refractivity contribution in [2.75, 3.05) is 0 Å². The Balaban J connectivity index is 1.40. The minimum absolute atomic E-state index is 0.0500. The van der Waals surface area contributed by atoms with Gasteiger partial charge < -0.3 is 5.32 Å². The zero-order chi connectivity index (χ0) is 16.4. The van der Waals surface area contributed by atoms with Gasteiger partial charge in [-0.05, 0) is 29.9 Å². The summed E-state index contributed by atoms with van der Waals surface area (Å²) < 4.78 is 1.74. The molecule has 0 unspecified atom stereocenters. The van der Waals surface area contributed by atoms with Crippen LogP contribution in [0.1, 0.15) is 54.4 Å². The summed E-state index contributed by atoms with van der Waals surface area (Å²) in [6.45, 7) is 0.570. The van der Waals surface area contributed by atoms with Crippen LogP contribution in [0, 0.1) is 11.8 Å². The van der Waals surface area contributed by atoms with E-state index in [1.54, 1.807) is 11.0 Å². The molecule has 126 valence electrons. The van der Waals surface area contributed by atoms with E-state index in [-0.39, 0.29) is 5.91 Å². The van der Waals surface area contributed by atoms with E-state index in [0.717, 1.165) is 23.5 Å². The number of nitrogens with one attached hydrogen (secondary N) is 1. The number of amides is 1. The number of nitrogens with zero attached hydrogens (tertiary/aromatic N) is 3. The molecule has 0 saturated heterocycles. The second-order valence-electron chi connectivity index (χ2n) is 7.13. The topological polar surface area (TPSA) is 59.8 Å². The Morgan fingerprint density at radius 3 is 2.83 bits per heavy atom. The number of rotatable bonds is 5. The molecule has 5 nitrogen and oxygen atoms in total. The number of hydrogen-bond donors (Lipinski definition) is 1. The van der Waals surface area contributed by atoms with Gasteiger partial charge in [0.2, 0.25) is 0 Å². The average molecular weight is 324 g/mol. The maximum Gasteiger partial charge on any atom is 0.251 e. The first-order chi connectivity index (χ1) is 11.8. The second-order valence-corrected chi connectivity index (χ2v) is 7.13. The third kappa shape index (κ3) is 3.35. The summed E-state index contributed by atoms with van der Waals surface area (Å²) in [4.78, 5) is 16.7. The Morgan fingerprint density at radius 1 is 1.21 bits per heavy atom. The SMILES string of the molecule is O=C(N[C@@H]1C[C@@H]1C1CCCCC1)c1ccccc1Cn1cncn1. The van der Waals surface area contributed by atoms with Crippen molar-refractivity contribution < 1.29 is 4.79 Å². The van der Waals surface area contributed by atoms with Crippen molar-refractivity contribution in [1.82, 2.24) is 20.1 Å². The third-order valence-electron chi connectivity index (χ3n) is 5.47. The van der Waals surface area contributed by atoms with Crippen molar-refractivity contribution in [1.29, 1.82) is 0 Å². The smallest absolute Gasteiger partial charge is 0.251 e. The van der Waals surface area contributed by atoms with E-state index in [0.29, 0.717) is 18.5 Å². The fourth-order valence-corrected chi connectivity index (χ4v) is 4.08. The van der Waals surface area contributed by atoms with Gasteiger partial charge in [0, 0.05) is 11.6 Å². The second kappa shape index (κ2) is 6.75. The first kappa shape index (κ1) is 15.4. The number of carbonyl (C=O) groups is 1. The lowest BCUT2D eigenvalue weighted by Gasteiger charge is -2.21. The van der Waals surface area contributed by atoms with Gasteiger partial charge in [0.1, 0.15) is 12.7 Å². The fraction of sp³-hybridized carbons (Fsp3) is 0.526. The van der Waals surface area contributed by atoms with Crippen LogP contribution in [0.5, 0.6) is 0 Å². The molecule has 2 fully saturated rings. The van der Waals surface area contributed by atoms with E-state index in [1.165, 1.54) is 38.4 Å². The largest absolute Gasteiger partial charge is 0.349 e. The lowest BCUT2D eigenvalue weighted by molar-refractivity contribution is 0.0945. The van der Waals surface area contributed by atoms with Crippen LogP contribution in [0.15, 0.2) is 36.9 Å². The summed E-state index contributed by atoms with van der Waals surface area (Å²) in [6, 6.07) is 8.15. The summed E-state index contributed by atoms with van der Waals surface area (Å²) in [6.07, 6.45) is 11.2. The molecule has 0 radical (unpaired) electrons. The van der Waals surface area contributed by atoms with Gasteiger partial charge in [-0.2, -0.15) is 5.10 Å². The molecule has 5 heteroatoms. The van der Waals surface area contributed by atoms with Crippen LogP contribution in [0.3, 0.4) is 0 Å². The molecule has 1 N–H and O–H groups in total. The molecule has 4 rings (SSSR count). The van der Waals surface area contributed by atoms with Crippen molar-refractivity contribution in [2.45, 2.75) is 51.1 Å². The zero-order valence-electron chi connectivity index (χ0n) is 13.9. The summed E-state index contributed by atoms with van der Waals surface area (Å²) in [7, 11) is 0. The molecular formula is C19H24N4O. The molecule has 1 aromatic carbocycles. The van der Waals surface area contributed by atoms with E-state index in [2.05, 4.69) is 15.4 Å². The van der Waals surface area contributed by atoms with Crippen LogP contribution in [0.4, 0.5) is 0 Å². The molecule has 2 aliphatic carbocycles. The van der Waals surface area contributed by atoms with Crippen molar-refractivity contribution in [3.05, 3.63) is 48.0 Å². The van der Waals surface area contributed by atoms with Crippen LogP contribution < -0.4 is 5.32 Å². The Bertz CT molecular complexity index is 691. The van der Waals surface area contributed by atoms with E-state index in [4.69, 9.17) is 0 Å². The molecule has 1 aromatic heterocycles. The number of carbonyl (C=O) groups excluding carboxylic acids is 1. The molecule has 1 amide bonds. The van der Waals surface area contributed by atoms with Crippen LogP contribution in [-0.2, 0) is 6.54 Å². The van der Waals surface area contributed by atoms with Crippen molar-refractivity contribution >= 4 is 5.91 Å². The highest BCUT2D eigenvalue weighted by molar-refractivity contribution is 5.96. The molecule has 0 spiro atoms. The van der Waals surface area contributed by atoms with Gasteiger partial charge in [0.25, 0.3) is 5.91 Å². The zero-order valence-corrected chi connectivity index (χ0v) is 13.9. The number of aromatic nitrogens is 3. The van der Waals surface area contributed by atoms with E-state index in [9.17, 15) is 4.79 Å². The Labute approximate surface area is 142 Å². The Hall–Kier alpha value is -2.17. The molecule has 2 atom stereocenters. The van der Waals surface area contributed by atoms with Gasteiger partial charge in [0.15, 0.2) is 0 Å². The standard InChI is InChI=1S/C19H24N4O/c24-19(22-18-10-17(18)14-6-2-1-3-7-14)16-9-5-4-8-15(16)11-23-13-20-12-21-23/h4-5,8-9,12-14,17-18H,1-3,6-7,10-11H2,(H,22,24)/t17-,18-/m1/s1. The lowest BCUT2D eigenvalue weighted by atomic mass is 9.85. The molecule has 2 saturated carbocycles. The summed E-state index contributed by atoms with van der Waals surface area (Å²) in [5.41, 5.74) is 1.73. The minimum atomic E-state index is 0.0500. The van der Waals surface area contributed by atoms with E-state index < -0.39 is 0 Å². The van der Waals surface area contributed by atoms with Crippen molar-refractivity contribution in [2.24, 2.45) is 11.8 Å². The normalized spacial score (nSPS) is 23.8. The molecule has 1 heterocycles. The van der Waals surface area contributed by atoms with Crippen LogP contribution in [0.2, 0.25) is 0 Å². The quantitative estimate of drug-likeness (QED) is 0.919. The highest BCUT2D eigenvalue weighted by Crippen LogP contribution is 2.44. The van der Waals surface area contributed by atoms with E-state index >= 15 is 0 Å². The third-order valence-corrected chi connectivity index (χ3v) is 5.47. The van der Waals surface area contributed by atoms with Crippen molar-refractivity contribution in [3.8, 4) is 0 Å². The van der Waals surface area contributed by atoms with Gasteiger partial charge in [-0.25, -0.2) is 9.67 Å². The maximum absolute atomic E-state index is 12.7. The van der Waals surface area contributed by atoms with Gasteiger partial charge in [-0.3, -0.25) is 4.79 Å². The molecule has 0 aliphatic heterocycles. The highest BCUT2D eigenvalue weighted by Gasteiger charge is 2.43. The number of benzene rings is 1. The number of hydrogen-bond acceptors (Lipinski definition) is 3. The molecule has 2 aromatic rings. The lowest BCUT2D eigenvalue weighted by Crippen LogP contribution is -2.29.